The van der Waals surface area contributed by atoms with Crippen molar-refractivity contribution in [1.82, 2.24) is 29.3 Å². The normalized spacial score (nSPS) is 17.8. The number of imidazole rings is 1. The second kappa shape index (κ2) is 21.1. The quantitative estimate of drug-likeness (QED) is 0.0317. The highest BCUT2D eigenvalue weighted by Crippen LogP contribution is 2.47. The molecule has 6 aromatic rings. The molecule has 0 radical (unpaired) electrons. The molecule has 65 heavy (non-hydrogen) atoms. The van der Waals surface area contributed by atoms with Gasteiger partial charge in [-0.1, -0.05) is 89.5 Å². The number of Topliss-reactive ketones (excluding diaryl/α,β-unsaturated/α-hetero) is 1. The zero-order valence-electron chi connectivity index (χ0n) is 38.2. The monoisotopic (exact) mass is 904 g/mol. The van der Waals surface area contributed by atoms with Crippen molar-refractivity contribution < 1.29 is 37.4 Å². The molecule has 6 atom stereocenters. The molecule has 342 valence electrons. The predicted molar refractivity (Wildman–Crippen MR) is 249 cm³/mol. The Morgan fingerprint density at radius 2 is 1.40 bits per heavy atom. The molecule has 3 heterocycles. The maximum atomic E-state index is 15.5. The summed E-state index contributed by atoms with van der Waals surface area (Å²) in [5.41, 5.74) is 8.05. The van der Waals surface area contributed by atoms with E-state index >= 15 is 4.79 Å². The average molecular weight is 905 g/mol. The van der Waals surface area contributed by atoms with Crippen molar-refractivity contribution in [2.75, 3.05) is 40.6 Å². The Labute approximate surface area is 381 Å². The number of ether oxygens (including phenoxy) is 4. The Morgan fingerprint density at radius 1 is 0.831 bits per heavy atom. The van der Waals surface area contributed by atoms with Crippen molar-refractivity contribution in [2.24, 2.45) is 0 Å². The SMILES string of the molecule is COc1ccc(C(OC(C(=O)c2ccccc2)[C@H]2O[C@@H](n3cnc4c(N)ncnc43)C[C@@H]2O[P+](=O)OC(CCN(C)C)N(C(C)C)C(C)C)(c2ccccc2)c2ccc(OC)cc2)cc1. The van der Waals surface area contributed by atoms with Crippen LogP contribution in [0, 0.1) is 0 Å². The third-order valence-electron chi connectivity index (χ3n) is 11.7. The summed E-state index contributed by atoms with van der Waals surface area (Å²) in [6.45, 7) is 9.01. The summed E-state index contributed by atoms with van der Waals surface area (Å²) >= 11 is 0. The first-order valence-electron chi connectivity index (χ1n) is 21.8. The van der Waals surface area contributed by atoms with Gasteiger partial charge in [-0.05, 0) is 82.7 Å². The van der Waals surface area contributed by atoms with Crippen LogP contribution in [0.25, 0.3) is 11.2 Å². The third kappa shape index (κ3) is 10.4. The standard InChI is InChI=1S/C49H59N7O8P/c1-32(2)56(33(3)4)41(27-28-54(5)6)64-65(58)63-40-29-42(55-31-53-43-47(50)51-30-52-48(43)55)61-45(40)46(44(57)34-15-11-9-12-16-34)62-49(35-17-13-10-14-18-35,36-19-23-38(59-7)24-20-36)37-21-25-39(60-8)26-22-37/h9-26,30-33,40-42,45-46H,27-29H2,1-8H3,(H2,50,51,52)/q+1/t40-,41?,42+,45-,46?/m0/s1. The molecule has 3 unspecified atom stereocenters. The van der Waals surface area contributed by atoms with E-state index in [1.807, 2.05) is 99.0 Å². The van der Waals surface area contributed by atoms with Crippen molar-refractivity contribution in [1.29, 1.82) is 0 Å². The number of carbonyl (C=O) groups excluding carboxylic acids is 1. The lowest BCUT2D eigenvalue weighted by atomic mass is 9.79. The highest BCUT2D eigenvalue weighted by atomic mass is 31.1. The third-order valence-corrected chi connectivity index (χ3v) is 12.5. The van der Waals surface area contributed by atoms with E-state index in [1.165, 1.54) is 6.33 Å². The van der Waals surface area contributed by atoms with Gasteiger partial charge in [0, 0.05) is 41.6 Å². The minimum Gasteiger partial charge on any atom is -0.497 e. The van der Waals surface area contributed by atoms with Crippen LogP contribution in [0.1, 0.15) is 73.8 Å². The van der Waals surface area contributed by atoms with Gasteiger partial charge < -0.3 is 29.6 Å². The molecule has 2 N–H and O–H groups in total. The number of benzene rings is 4. The molecule has 1 saturated heterocycles. The van der Waals surface area contributed by atoms with Crippen LogP contribution in [-0.2, 0) is 28.7 Å². The number of hydrogen-bond donors (Lipinski definition) is 1. The molecule has 1 fully saturated rings. The number of carbonyl (C=O) groups is 1. The summed E-state index contributed by atoms with van der Waals surface area (Å²) in [6.07, 6.45) is -1.41. The van der Waals surface area contributed by atoms with Crippen LogP contribution in [-0.4, -0.2) is 107 Å². The minimum atomic E-state index is -2.82. The number of nitrogens with two attached hydrogens (primary N) is 1. The van der Waals surface area contributed by atoms with Crippen LogP contribution in [0.2, 0.25) is 0 Å². The Morgan fingerprint density at radius 3 is 1.95 bits per heavy atom. The van der Waals surface area contributed by atoms with Crippen LogP contribution >= 0.6 is 8.25 Å². The smallest absolute Gasteiger partial charge is 0.497 e. The summed E-state index contributed by atoms with van der Waals surface area (Å²) in [7, 11) is 4.36. The van der Waals surface area contributed by atoms with E-state index in [2.05, 4.69) is 52.4 Å². The first-order valence-corrected chi connectivity index (χ1v) is 22.9. The van der Waals surface area contributed by atoms with E-state index in [9.17, 15) is 4.57 Å². The fourth-order valence-electron chi connectivity index (χ4n) is 8.66. The second-order valence-corrected chi connectivity index (χ2v) is 17.7. The lowest BCUT2D eigenvalue weighted by molar-refractivity contribution is -0.125. The summed E-state index contributed by atoms with van der Waals surface area (Å²) < 4.78 is 55.1. The molecule has 0 aliphatic carbocycles. The summed E-state index contributed by atoms with van der Waals surface area (Å²) in [6, 6.07) is 33.8. The number of aromatic nitrogens is 4. The Balaban J connectivity index is 1.40. The topological polar surface area (TPSA) is 166 Å². The van der Waals surface area contributed by atoms with Crippen LogP contribution in [0.4, 0.5) is 5.82 Å². The fourth-order valence-corrected chi connectivity index (χ4v) is 9.55. The van der Waals surface area contributed by atoms with Crippen molar-refractivity contribution in [3.05, 3.63) is 144 Å². The molecule has 7 rings (SSSR count). The molecule has 1 aliphatic rings. The largest absolute Gasteiger partial charge is 0.699 e. The van der Waals surface area contributed by atoms with Crippen LogP contribution < -0.4 is 15.2 Å². The zero-order chi connectivity index (χ0) is 46.3. The molecule has 16 heteroatoms. The molecule has 0 bridgehead atoms. The summed E-state index contributed by atoms with van der Waals surface area (Å²) in [4.78, 5) is 32.9. The molecule has 0 spiro atoms. The maximum Gasteiger partial charge on any atom is 0.699 e. The minimum absolute atomic E-state index is 0.0738. The van der Waals surface area contributed by atoms with Gasteiger partial charge in [-0.3, -0.25) is 14.3 Å². The molecular weight excluding hydrogens is 846 g/mol. The van der Waals surface area contributed by atoms with Crippen molar-refractivity contribution in [2.45, 2.75) is 89.0 Å². The first-order chi connectivity index (χ1) is 31.3. The van der Waals surface area contributed by atoms with E-state index < -0.39 is 44.6 Å². The number of nitrogen functional groups attached to an aromatic ring is 1. The van der Waals surface area contributed by atoms with Crippen molar-refractivity contribution in [3.63, 3.8) is 0 Å². The van der Waals surface area contributed by atoms with E-state index in [0.29, 0.717) is 52.3 Å². The number of nitrogens with zero attached hydrogens (tertiary/aromatic N) is 6. The second-order valence-electron chi connectivity index (χ2n) is 16.8. The zero-order valence-corrected chi connectivity index (χ0v) is 39.1. The lowest BCUT2D eigenvalue weighted by Crippen LogP contribution is -2.49. The Bertz CT molecular complexity index is 2430. The van der Waals surface area contributed by atoms with Gasteiger partial charge in [-0.2, -0.15) is 0 Å². The number of fused-ring (bicyclic) bond motifs is 1. The van der Waals surface area contributed by atoms with Gasteiger partial charge in [-0.25, -0.2) is 15.0 Å². The van der Waals surface area contributed by atoms with Gasteiger partial charge in [0.05, 0.1) is 20.5 Å². The molecule has 15 nitrogen and oxygen atoms in total. The van der Waals surface area contributed by atoms with Gasteiger partial charge in [-0.15, -0.1) is 4.52 Å². The van der Waals surface area contributed by atoms with Crippen LogP contribution in [0.3, 0.4) is 0 Å². The first kappa shape index (κ1) is 47.3. The van der Waals surface area contributed by atoms with Crippen LogP contribution in [0.5, 0.6) is 11.5 Å². The van der Waals surface area contributed by atoms with Gasteiger partial charge in [0.2, 0.25) is 0 Å². The van der Waals surface area contributed by atoms with Gasteiger partial charge >= 0.3 is 8.25 Å². The lowest BCUT2D eigenvalue weighted by Gasteiger charge is -2.40. The fraction of sp³-hybridized carbons (Fsp3) is 0.388. The number of ketones is 1. The molecule has 0 saturated carbocycles. The van der Waals surface area contributed by atoms with E-state index in [0.717, 1.165) is 5.56 Å². The van der Waals surface area contributed by atoms with Crippen molar-refractivity contribution in [3.8, 4) is 11.5 Å². The van der Waals surface area contributed by atoms with Crippen LogP contribution in [0.15, 0.2) is 122 Å². The van der Waals surface area contributed by atoms with E-state index in [1.54, 1.807) is 49.4 Å². The molecule has 2 aromatic heterocycles. The summed E-state index contributed by atoms with van der Waals surface area (Å²) in [5, 5.41) is 0. The Hall–Kier alpha value is -5.64. The number of rotatable bonds is 21. The van der Waals surface area contributed by atoms with Gasteiger partial charge in [0.25, 0.3) is 0 Å². The highest BCUT2D eigenvalue weighted by Gasteiger charge is 2.54. The molecule has 4 aromatic carbocycles. The van der Waals surface area contributed by atoms with Gasteiger partial charge in [0.1, 0.15) is 47.4 Å². The number of anilines is 1. The highest BCUT2D eigenvalue weighted by molar-refractivity contribution is 7.33. The molecular formula is C49H59N7O8P+. The molecule has 0 amide bonds. The number of hydrogen-bond acceptors (Lipinski definition) is 14. The maximum absolute atomic E-state index is 15.5. The predicted octanol–water partition coefficient (Wildman–Crippen LogP) is 8.43. The van der Waals surface area contributed by atoms with Gasteiger partial charge in [0.15, 0.2) is 29.6 Å². The van der Waals surface area contributed by atoms with E-state index in [-0.39, 0.29) is 30.1 Å². The van der Waals surface area contributed by atoms with E-state index in [4.69, 9.17) is 33.7 Å². The Kier molecular flexibility index (Phi) is 15.4. The number of methoxy groups -OCH3 is 2. The summed E-state index contributed by atoms with van der Waals surface area (Å²) in [5.74, 6) is 1.08. The van der Waals surface area contributed by atoms with Crippen molar-refractivity contribution >= 4 is 31.0 Å². The average Bonchev–Trinajstić information content (AvgIpc) is 3.94. The molecule has 1 aliphatic heterocycles.